The molecule has 1 fully saturated rings. The first-order valence-corrected chi connectivity index (χ1v) is 9.26. The summed E-state index contributed by atoms with van der Waals surface area (Å²) in [6.45, 7) is 3.51. The number of hydrogen-bond donors (Lipinski definition) is 0. The third kappa shape index (κ3) is 2.84. The van der Waals surface area contributed by atoms with Crippen molar-refractivity contribution in [2.24, 2.45) is 0 Å². The summed E-state index contributed by atoms with van der Waals surface area (Å²) in [7, 11) is 0. The van der Waals surface area contributed by atoms with E-state index < -0.39 is 0 Å². The van der Waals surface area contributed by atoms with Crippen LogP contribution in [-0.2, 0) is 17.8 Å². The third-order valence-corrected chi connectivity index (χ3v) is 5.23. The van der Waals surface area contributed by atoms with Gasteiger partial charge < -0.3 is 23.5 Å². The van der Waals surface area contributed by atoms with Crippen molar-refractivity contribution < 1.29 is 18.7 Å². The van der Waals surface area contributed by atoms with Crippen molar-refractivity contribution in [3.05, 3.63) is 47.7 Å². The fourth-order valence-corrected chi connectivity index (χ4v) is 3.68. The minimum absolute atomic E-state index is 0.0709. The lowest BCUT2D eigenvalue weighted by atomic mass is 10.1. The maximum absolute atomic E-state index is 12.9. The van der Waals surface area contributed by atoms with Gasteiger partial charge in [0, 0.05) is 37.1 Å². The van der Waals surface area contributed by atoms with Crippen LogP contribution in [0.5, 0.6) is 0 Å². The molecular formula is C19H19N5O4. The predicted octanol–water partition coefficient (Wildman–Crippen LogP) is 1.15. The Morgan fingerprint density at radius 1 is 0.929 bits per heavy atom. The molecule has 0 saturated carbocycles. The molecule has 9 heteroatoms. The van der Waals surface area contributed by atoms with Crippen LogP contribution in [0.1, 0.15) is 26.8 Å². The van der Waals surface area contributed by atoms with Crippen molar-refractivity contribution >= 4 is 22.8 Å². The number of carbonyl (C=O) groups is 2. The third-order valence-electron chi connectivity index (χ3n) is 5.23. The topological polar surface area (TPSA) is 93.7 Å². The second kappa shape index (κ2) is 6.75. The second-order valence-corrected chi connectivity index (χ2v) is 6.90. The zero-order valence-corrected chi connectivity index (χ0v) is 15.2. The normalized spacial score (nSPS) is 17.0. The van der Waals surface area contributed by atoms with E-state index in [1.807, 2.05) is 16.7 Å². The van der Waals surface area contributed by atoms with Crippen LogP contribution >= 0.6 is 0 Å². The van der Waals surface area contributed by atoms with Gasteiger partial charge in [-0.05, 0) is 24.3 Å². The molecule has 0 unspecified atom stereocenters. The lowest BCUT2D eigenvalue weighted by molar-refractivity contribution is 0.0289. The van der Waals surface area contributed by atoms with Gasteiger partial charge in [0.25, 0.3) is 11.8 Å². The van der Waals surface area contributed by atoms with Crippen LogP contribution in [0.15, 0.2) is 34.9 Å². The summed E-state index contributed by atoms with van der Waals surface area (Å²) in [5.74, 6) is 0.759. The van der Waals surface area contributed by atoms with E-state index in [0.717, 1.165) is 11.0 Å². The largest absolute Gasteiger partial charge is 0.464 e. The summed E-state index contributed by atoms with van der Waals surface area (Å²) < 4.78 is 12.4. The van der Waals surface area contributed by atoms with Crippen LogP contribution in [0.2, 0.25) is 0 Å². The maximum atomic E-state index is 12.9. The van der Waals surface area contributed by atoms with Gasteiger partial charge in [-0.3, -0.25) is 9.59 Å². The quantitative estimate of drug-likeness (QED) is 0.661. The number of carbonyl (C=O) groups excluding carboxylic acids is 2. The number of furan rings is 1. The SMILES string of the molecule is O=C(c1ccc2occc2c1)N1CCn2c(nnc2C(=O)N2CCOCC2)C1. The van der Waals surface area contributed by atoms with Crippen molar-refractivity contribution in [2.75, 3.05) is 32.8 Å². The van der Waals surface area contributed by atoms with Gasteiger partial charge in [-0.2, -0.15) is 0 Å². The van der Waals surface area contributed by atoms with Crippen molar-refractivity contribution in [1.82, 2.24) is 24.6 Å². The summed E-state index contributed by atoms with van der Waals surface area (Å²) in [5, 5.41) is 9.16. The van der Waals surface area contributed by atoms with Crippen LogP contribution < -0.4 is 0 Å². The zero-order valence-electron chi connectivity index (χ0n) is 15.2. The van der Waals surface area contributed by atoms with Gasteiger partial charge in [0.15, 0.2) is 5.82 Å². The van der Waals surface area contributed by atoms with E-state index in [2.05, 4.69) is 10.2 Å². The Morgan fingerprint density at radius 2 is 1.79 bits per heavy atom. The van der Waals surface area contributed by atoms with Crippen LogP contribution in [0.4, 0.5) is 0 Å². The van der Waals surface area contributed by atoms with Gasteiger partial charge in [0.2, 0.25) is 5.82 Å². The fourth-order valence-electron chi connectivity index (χ4n) is 3.68. The van der Waals surface area contributed by atoms with E-state index in [4.69, 9.17) is 9.15 Å². The molecule has 5 rings (SSSR count). The average molecular weight is 381 g/mol. The molecule has 0 radical (unpaired) electrons. The molecule has 1 saturated heterocycles. The summed E-state index contributed by atoms with van der Waals surface area (Å²) in [4.78, 5) is 29.1. The molecule has 0 atom stereocenters. The molecule has 144 valence electrons. The molecule has 0 aliphatic carbocycles. The molecule has 2 aromatic heterocycles. The van der Waals surface area contributed by atoms with Crippen molar-refractivity contribution in [3.8, 4) is 0 Å². The highest BCUT2D eigenvalue weighted by atomic mass is 16.5. The Morgan fingerprint density at radius 3 is 2.64 bits per heavy atom. The number of fused-ring (bicyclic) bond motifs is 2. The molecule has 3 aromatic rings. The summed E-state index contributed by atoms with van der Waals surface area (Å²) in [6, 6.07) is 7.23. The summed E-state index contributed by atoms with van der Waals surface area (Å²) in [5.41, 5.74) is 1.35. The second-order valence-electron chi connectivity index (χ2n) is 6.90. The molecule has 9 nitrogen and oxygen atoms in total. The molecular weight excluding hydrogens is 362 g/mol. The highest BCUT2D eigenvalue weighted by Gasteiger charge is 2.30. The highest BCUT2D eigenvalue weighted by Crippen LogP contribution is 2.21. The van der Waals surface area contributed by atoms with Crippen molar-refractivity contribution in [2.45, 2.75) is 13.1 Å². The van der Waals surface area contributed by atoms with E-state index in [1.165, 1.54) is 0 Å². The molecule has 28 heavy (non-hydrogen) atoms. The van der Waals surface area contributed by atoms with Gasteiger partial charge in [-0.25, -0.2) is 0 Å². The lowest BCUT2D eigenvalue weighted by Crippen LogP contribution is -2.43. The number of hydrogen-bond acceptors (Lipinski definition) is 6. The number of aromatic nitrogens is 3. The van der Waals surface area contributed by atoms with Gasteiger partial charge in [0.1, 0.15) is 5.58 Å². The molecule has 4 heterocycles. The van der Waals surface area contributed by atoms with Gasteiger partial charge in [-0.15, -0.1) is 10.2 Å². The van der Waals surface area contributed by atoms with Gasteiger partial charge in [0.05, 0.1) is 26.0 Å². The summed E-state index contributed by atoms with van der Waals surface area (Å²) in [6.07, 6.45) is 1.61. The van der Waals surface area contributed by atoms with Crippen LogP contribution in [0.25, 0.3) is 11.0 Å². The fraction of sp³-hybridized carbons (Fsp3) is 0.368. The molecule has 0 N–H and O–H groups in total. The molecule has 0 bridgehead atoms. The smallest absolute Gasteiger partial charge is 0.291 e. The van der Waals surface area contributed by atoms with E-state index in [9.17, 15) is 9.59 Å². The number of amides is 2. The maximum Gasteiger partial charge on any atom is 0.291 e. The summed E-state index contributed by atoms with van der Waals surface area (Å²) >= 11 is 0. The first kappa shape index (κ1) is 16.9. The molecule has 2 aliphatic rings. The minimum atomic E-state index is -0.132. The van der Waals surface area contributed by atoms with Gasteiger partial charge >= 0.3 is 0 Å². The Balaban J connectivity index is 1.34. The van der Waals surface area contributed by atoms with Crippen molar-refractivity contribution in [1.29, 1.82) is 0 Å². The first-order chi connectivity index (χ1) is 13.7. The Bertz CT molecular complexity index is 1050. The highest BCUT2D eigenvalue weighted by molar-refractivity contribution is 5.97. The van der Waals surface area contributed by atoms with Crippen LogP contribution in [0, 0.1) is 0 Å². The average Bonchev–Trinajstić information content (AvgIpc) is 3.39. The van der Waals surface area contributed by atoms with E-state index >= 15 is 0 Å². The monoisotopic (exact) mass is 381 g/mol. The molecule has 2 aliphatic heterocycles. The molecule has 1 aromatic carbocycles. The Kier molecular flexibility index (Phi) is 4.09. The zero-order chi connectivity index (χ0) is 19.1. The van der Waals surface area contributed by atoms with E-state index in [1.54, 1.807) is 28.2 Å². The molecule has 0 spiro atoms. The standard InChI is InChI=1S/C19H19N5O4/c25-18(14-1-2-15-13(11-14)3-8-28-15)23-4-5-24-16(12-23)20-21-17(24)19(26)22-6-9-27-10-7-22/h1-3,8,11H,4-7,9-10,12H2. The number of rotatable bonds is 2. The Hall–Kier alpha value is -3.20. The molecule has 2 amide bonds. The number of nitrogens with zero attached hydrogens (tertiary/aromatic N) is 5. The Labute approximate surface area is 160 Å². The number of morpholine rings is 1. The lowest BCUT2D eigenvalue weighted by Gasteiger charge is -2.29. The van der Waals surface area contributed by atoms with Crippen LogP contribution in [-0.4, -0.2) is 69.2 Å². The van der Waals surface area contributed by atoms with E-state index in [0.29, 0.717) is 63.1 Å². The predicted molar refractivity (Wildman–Crippen MR) is 97.7 cm³/mol. The number of ether oxygens (including phenoxy) is 1. The van der Waals surface area contributed by atoms with Gasteiger partial charge in [-0.1, -0.05) is 0 Å². The first-order valence-electron chi connectivity index (χ1n) is 9.26. The van der Waals surface area contributed by atoms with Crippen molar-refractivity contribution in [3.63, 3.8) is 0 Å². The minimum Gasteiger partial charge on any atom is -0.464 e. The van der Waals surface area contributed by atoms with Crippen LogP contribution in [0.3, 0.4) is 0 Å². The number of benzene rings is 1. The van der Waals surface area contributed by atoms with E-state index in [-0.39, 0.29) is 11.8 Å².